The van der Waals surface area contributed by atoms with E-state index in [0.29, 0.717) is 12.8 Å². The third-order valence-electron chi connectivity index (χ3n) is 4.58. The lowest BCUT2D eigenvalue weighted by Crippen LogP contribution is -2.60. The average Bonchev–Trinajstić information content (AvgIpc) is 3.18. The Kier molecular flexibility index (Phi) is 4.33. The molecule has 2 fully saturated rings. The molecule has 2 aliphatic carbocycles. The summed E-state index contributed by atoms with van der Waals surface area (Å²) in [5.74, 6) is -0.303. The molecule has 1 unspecified atom stereocenters. The molecule has 2 aliphatic rings. The third kappa shape index (κ3) is 3.65. The first-order valence-electron chi connectivity index (χ1n) is 7.40. The number of hydrogen-bond donors (Lipinski definition) is 1. The second-order valence-corrected chi connectivity index (χ2v) is 6.34. The maximum atomic E-state index is 12.8. The summed E-state index contributed by atoms with van der Waals surface area (Å²) in [4.78, 5) is 13.6. The van der Waals surface area contributed by atoms with Crippen LogP contribution in [-0.2, 0) is 4.79 Å². The summed E-state index contributed by atoms with van der Waals surface area (Å²) in [6.45, 7) is 0.538. The van der Waals surface area contributed by atoms with Crippen molar-refractivity contribution in [1.29, 1.82) is 0 Å². The van der Waals surface area contributed by atoms with E-state index in [9.17, 15) is 18.0 Å². The SMILES string of the molecule is CC(C1CC1)N(CC(F)(F)F)C(=O)C1(N)CCCCC1. The number of hydrogen-bond acceptors (Lipinski definition) is 2. The monoisotopic (exact) mass is 292 g/mol. The zero-order chi connectivity index (χ0) is 15.0. The first-order valence-corrected chi connectivity index (χ1v) is 7.40. The highest BCUT2D eigenvalue weighted by atomic mass is 19.4. The van der Waals surface area contributed by atoms with Crippen LogP contribution >= 0.6 is 0 Å². The lowest BCUT2D eigenvalue weighted by Gasteiger charge is -2.40. The zero-order valence-corrected chi connectivity index (χ0v) is 11.9. The first-order chi connectivity index (χ1) is 9.23. The second kappa shape index (κ2) is 5.54. The third-order valence-corrected chi connectivity index (χ3v) is 4.58. The molecule has 0 aromatic rings. The maximum Gasteiger partial charge on any atom is 0.406 e. The molecular formula is C14H23F3N2O. The lowest BCUT2D eigenvalue weighted by molar-refractivity contribution is -0.170. The highest BCUT2D eigenvalue weighted by Crippen LogP contribution is 2.38. The van der Waals surface area contributed by atoms with Crippen LogP contribution in [0.5, 0.6) is 0 Å². The summed E-state index contributed by atoms with van der Waals surface area (Å²) in [6.07, 6.45) is 1.07. The van der Waals surface area contributed by atoms with E-state index in [0.717, 1.165) is 37.0 Å². The summed E-state index contributed by atoms with van der Waals surface area (Å²) in [5.41, 5.74) is 5.03. The van der Waals surface area contributed by atoms with Gasteiger partial charge in [-0.1, -0.05) is 19.3 Å². The van der Waals surface area contributed by atoms with E-state index in [4.69, 9.17) is 5.73 Å². The molecule has 0 heterocycles. The molecule has 0 aromatic carbocycles. The molecule has 2 N–H and O–H groups in total. The van der Waals surface area contributed by atoms with Crippen molar-refractivity contribution < 1.29 is 18.0 Å². The smallest absolute Gasteiger partial charge is 0.329 e. The fourth-order valence-electron chi connectivity index (χ4n) is 3.11. The van der Waals surface area contributed by atoms with Crippen molar-refractivity contribution in [3.63, 3.8) is 0 Å². The van der Waals surface area contributed by atoms with Crippen LogP contribution in [0.3, 0.4) is 0 Å². The minimum absolute atomic E-state index is 0.202. The number of rotatable bonds is 4. The van der Waals surface area contributed by atoms with Crippen LogP contribution in [0.1, 0.15) is 51.9 Å². The van der Waals surface area contributed by atoms with Gasteiger partial charge in [0.15, 0.2) is 0 Å². The summed E-state index contributed by atoms with van der Waals surface area (Å²) >= 11 is 0. The van der Waals surface area contributed by atoms with Gasteiger partial charge in [0.2, 0.25) is 5.91 Å². The quantitative estimate of drug-likeness (QED) is 0.866. The Balaban J connectivity index is 2.13. The van der Waals surface area contributed by atoms with E-state index in [-0.39, 0.29) is 12.0 Å². The van der Waals surface area contributed by atoms with Crippen LogP contribution in [0.25, 0.3) is 0 Å². The minimum atomic E-state index is -4.37. The highest BCUT2D eigenvalue weighted by Gasteiger charge is 2.46. The van der Waals surface area contributed by atoms with Crippen molar-refractivity contribution in [1.82, 2.24) is 4.90 Å². The van der Waals surface area contributed by atoms with E-state index in [2.05, 4.69) is 0 Å². The number of nitrogens with two attached hydrogens (primary N) is 1. The standard InChI is InChI=1S/C14H23F3N2O/c1-10(11-5-6-11)19(9-14(15,16)17)12(20)13(18)7-3-2-4-8-13/h10-11H,2-9,18H2,1H3. The Morgan fingerprint density at radius 1 is 1.30 bits per heavy atom. The largest absolute Gasteiger partial charge is 0.406 e. The van der Waals surface area contributed by atoms with Gasteiger partial charge >= 0.3 is 6.18 Å². The molecular weight excluding hydrogens is 269 g/mol. The van der Waals surface area contributed by atoms with Gasteiger partial charge in [0.05, 0.1) is 5.54 Å². The Labute approximate surface area is 117 Å². The normalized spacial score (nSPS) is 24.2. The number of nitrogens with zero attached hydrogens (tertiary/aromatic N) is 1. The molecule has 0 saturated heterocycles. The fraction of sp³-hybridized carbons (Fsp3) is 0.929. The van der Waals surface area contributed by atoms with E-state index >= 15 is 0 Å². The van der Waals surface area contributed by atoms with Crippen LogP contribution in [0.2, 0.25) is 0 Å². The van der Waals surface area contributed by atoms with E-state index in [1.54, 1.807) is 6.92 Å². The van der Waals surface area contributed by atoms with Crippen molar-refractivity contribution in [3.8, 4) is 0 Å². The topological polar surface area (TPSA) is 46.3 Å². The molecule has 0 aromatic heterocycles. The predicted molar refractivity (Wildman–Crippen MR) is 70.0 cm³/mol. The first kappa shape index (κ1) is 15.6. The molecule has 2 rings (SSSR count). The lowest BCUT2D eigenvalue weighted by atomic mass is 9.81. The van der Waals surface area contributed by atoms with Gasteiger partial charge in [-0.15, -0.1) is 0 Å². The maximum absolute atomic E-state index is 12.8. The van der Waals surface area contributed by atoms with E-state index < -0.39 is 24.2 Å². The van der Waals surface area contributed by atoms with Crippen LogP contribution < -0.4 is 5.73 Å². The number of alkyl halides is 3. The minimum Gasteiger partial charge on any atom is -0.329 e. The Morgan fingerprint density at radius 3 is 2.30 bits per heavy atom. The van der Waals surface area contributed by atoms with Gasteiger partial charge in [-0.3, -0.25) is 4.79 Å². The van der Waals surface area contributed by atoms with Crippen molar-refractivity contribution in [2.45, 2.75) is 69.6 Å². The molecule has 6 heteroatoms. The molecule has 1 amide bonds. The van der Waals surface area contributed by atoms with Crippen LogP contribution in [0.4, 0.5) is 13.2 Å². The van der Waals surface area contributed by atoms with Crippen LogP contribution in [-0.4, -0.2) is 35.1 Å². The molecule has 0 radical (unpaired) electrons. The molecule has 3 nitrogen and oxygen atoms in total. The van der Waals surface area contributed by atoms with Gasteiger partial charge in [0.25, 0.3) is 0 Å². The van der Waals surface area contributed by atoms with Crippen molar-refractivity contribution in [3.05, 3.63) is 0 Å². The molecule has 0 spiro atoms. The predicted octanol–water partition coefficient (Wildman–Crippen LogP) is 2.84. The van der Waals surface area contributed by atoms with E-state index in [1.165, 1.54) is 0 Å². The van der Waals surface area contributed by atoms with Gasteiger partial charge in [-0.25, -0.2) is 0 Å². The zero-order valence-electron chi connectivity index (χ0n) is 11.9. The summed E-state index contributed by atoms with van der Waals surface area (Å²) in [7, 11) is 0. The average molecular weight is 292 g/mol. The fourth-order valence-corrected chi connectivity index (χ4v) is 3.11. The number of halogens is 3. The number of amides is 1. The van der Waals surface area contributed by atoms with Crippen molar-refractivity contribution >= 4 is 5.91 Å². The molecule has 1 atom stereocenters. The Bertz CT molecular complexity index is 360. The summed E-state index contributed by atoms with van der Waals surface area (Å²) in [5, 5.41) is 0. The summed E-state index contributed by atoms with van der Waals surface area (Å²) in [6, 6.07) is -0.369. The number of carbonyl (C=O) groups excluding carboxylic acids is 1. The second-order valence-electron chi connectivity index (χ2n) is 6.34. The summed E-state index contributed by atoms with van der Waals surface area (Å²) < 4.78 is 38.3. The highest BCUT2D eigenvalue weighted by molar-refractivity contribution is 5.86. The molecule has 116 valence electrons. The molecule has 20 heavy (non-hydrogen) atoms. The molecule has 0 aliphatic heterocycles. The van der Waals surface area contributed by atoms with E-state index in [1.807, 2.05) is 0 Å². The van der Waals surface area contributed by atoms with Gasteiger partial charge in [-0.2, -0.15) is 13.2 Å². The number of carbonyl (C=O) groups is 1. The van der Waals surface area contributed by atoms with Crippen LogP contribution in [0, 0.1) is 5.92 Å². The van der Waals surface area contributed by atoms with Gasteiger partial charge in [-0.05, 0) is 38.5 Å². The van der Waals surface area contributed by atoms with Gasteiger partial charge < -0.3 is 10.6 Å². The van der Waals surface area contributed by atoms with Crippen LogP contribution in [0.15, 0.2) is 0 Å². The molecule has 2 saturated carbocycles. The van der Waals surface area contributed by atoms with Crippen molar-refractivity contribution in [2.24, 2.45) is 11.7 Å². The van der Waals surface area contributed by atoms with Crippen molar-refractivity contribution in [2.75, 3.05) is 6.54 Å². The van der Waals surface area contributed by atoms with Gasteiger partial charge in [0.1, 0.15) is 6.54 Å². The van der Waals surface area contributed by atoms with Gasteiger partial charge in [0, 0.05) is 6.04 Å². The Morgan fingerprint density at radius 2 is 1.85 bits per heavy atom. The Hall–Kier alpha value is -0.780. The molecule has 0 bridgehead atoms.